The molecule has 0 aliphatic carbocycles. The van der Waals surface area contributed by atoms with Crippen LogP contribution in [0, 0.1) is 5.92 Å². The fraction of sp³-hybridized carbons (Fsp3) is 0.350. The number of carbonyl (C=O) groups is 1. The normalized spacial score (nSPS) is 19.6. The molecule has 25 heavy (non-hydrogen) atoms. The van der Waals surface area contributed by atoms with Gasteiger partial charge >= 0.3 is 0 Å². The van der Waals surface area contributed by atoms with Crippen molar-refractivity contribution in [3.63, 3.8) is 0 Å². The van der Waals surface area contributed by atoms with Crippen LogP contribution in [0.2, 0.25) is 0 Å². The molecule has 2 unspecified atom stereocenters. The van der Waals surface area contributed by atoms with Crippen LogP contribution in [0.25, 0.3) is 0 Å². The monoisotopic (exact) mass is 360 g/mol. The summed E-state index contributed by atoms with van der Waals surface area (Å²) in [6.45, 7) is 4.56. The van der Waals surface area contributed by atoms with Crippen LogP contribution in [-0.2, 0) is 6.61 Å². The third-order valence-electron chi connectivity index (χ3n) is 4.51. The highest BCUT2D eigenvalue weighted by Crippen LogP contribution is 2.14. The Labute approximate surface area is 155 Å². The lowest BCUT2D eigenvalue weighted by atomic mass is 9.94. The Morgan fingerprint density at radius 1 is 1.16 bits per heavy atom. The molecule has 1 aliphatic heterocycles. The smallest absolute Gasteiger partial charge is 0.251 e. The van der Waals surface area contributed by atoms with Gasteiger partial charge in [0.25, 0.3) is 5.91 Å². The van der Waals surface area contributed by atoms with E-state index in [9.17, 15) is 4.79 Å². The Kier molecular flexibility index (Phi) is 7.29. The lowest BCUT2D eigenvalue weighted by molar-refractivity contribution is 0.0915. The molecule has 3 rings (SSSR count). The van der Waals surface area contributed by atoms with E-state index in [2.05, 4.69) is 17.6 Å². The molecule has 1 aliphatic rings. The molecule has 0 radical (unpaired) electrons. The van der Waals surface area contributed by atoms with Crippen molar-refractivity contribution in [1.29, 1.82) is 0 Å². The molecule has 0 aromatic heterocycles. The minimum absolute atomic E-state index is 0. The molecule has 0 saturated carbocycles. The van der Waals surface area contributed by atoms with Crippen molar-refractivity contribution in [2.75, 3.05) is 13.1 Å². The Morgan fingerprint density at radius 2 is 1.88 bits per heavy atom. The van der Waals surface area contributed by atoms with E-state index in [1.54, 1.807) is 0 Å². The molecule has 2 aromatic rings. The summed E-state index contributed by atoms with van der Waals surface area (Å²) in [4.78, 5) is 12.4. The van der Waals surface area contributed by atoms with Gasteiger partial charge in [-0.05, 0) is 48.7 Å². The summed E-state index contributed by atoms with van der Waals surface area (Å²) in [5, 5.41) is 6.46. The van der Waals surface area contributed by atoms with Gasteiger partial charge in [0, 0.05) is 18.2 Å². The quantitative estimate of drug-likeness (QED) is 0.859. The number of amides is 1. The predicted molar refractivity (Wildman–Crippen MR) is 102 cm³/mol. The van der Waals surface area contributed by atoms with Gasteiger partial charge in [0.1, 0.15) is 12.4 Å². The molecule has 5 heteroatoms. The van der Waals surface area contributed by atoms with Crippen LogP contribution in [-0.4, -0.2) is 25.0 Å². The molecule has 134 valence electrons. The van der Waals surface area contributed by atoms with Gasteiger partial charge in [-0.3, -0.25) is 4.79 Å². The maximum absolute atomic E-state index is 12.4. The molecule has 4 nitrogen and oxygen atoms in total. The van der Waals surface area contributed by atoms with Crippen molar-refractivity contribution >= 4 is 18.3 Å². The Balaban J connectivity index is 0.00000225. The maximum Gasteiger partial charge on any atom is 0.251 e. The van der Waals surface area contributed by atoms with Crippen molar-refractivity contribution < 1.29 is 9.53 Å². The van der Waals surface area contributed by atoms with Gasteiger partial charge < -0.3 is 15.4 Å². The largest absolute Gasteiger partial charge is 0.489 e. The summed E-state index contributed by atoms with van der Waals surface area (Å²) in [7, 11) is 0. The third-order valence-corrected chi connectivity index (χ3v) is 4.51. The summed E-state index contributed by atoms with van der Waals surface area (Å²) in [5.41, 5.74) is 1.74. The van der Waals surface area contributed by atoms with Crippen LogP contribution in [0.1, 0.15) is 29.3 Å². The number of nitrogens with one attached hydrogen (secondary N) is 2. The van der Waals surface area contributed by atoms with E-state index >= 15 is 0 Å². The molecule has 0 bridgehead atoms. The Morgan fingerprint density at radius 3 is 2.56 bits per heavy atom. The summed E-state index contributed by atoms with van der Waals surface area (Å²) in [6.07, 6.45) is 1.10. The number of carbonyl (C=O) groups excluding carboxylic acids is 1. The van der Waals surface area contributed by atoms with Gasteiger partial charge in [0.15, 0.2) is 0 Å². The minimum Gasteiger partial charge on any atom is -0.489 e. The molecule has 1 heterocycles. The van der Waals surface area contributed by atoms with Crippen molar-refractivity contribution in [2.45, 2.75) is 26.0 Å². The number of rotatable bonds is 5. The van der Waals surface area contributed by atoms with E-state index in [1.165, 1.54) is 0 Å². The third kappa shape index (κ3) is 5.48. The second-order valence-electron chi connectivity index (χ2n) is 6.35. The van der Waals surface area contributed by atoms with Gasteiger partial charge in [0.05, 0.1) is 0 Å². The van der Waals surface area contributed by atoms with Gasteiger partial charge in [-0.15, -0.1) is 12.4 Å². The first kappa shape index (κ1) is 19.3. The summed E-state index contributed by atoms with van der Waals surface area (Å²) in [6, 6.07) is 17.5. The van der Waals surface area contributed by atoms with Crippen molar-refractivity contribution in [3.05, 3.63) is 65.7 Å². The van der Waals surface area contributed by atoms with Crippen molar-refractivity contribution in [3.8, 4) is 5.75 Å². The van der Waals surface area contributed by atoms with Gasteiger partial charge in [-0.25, -0.2) is 0 Å². The van der Waals surface area contributed by atoms with Gasteiger partial charge in [-0.1, -0.05) is 37.3 Å². The van der Waals surface area contributed by atoms with Gasteiger partial charge in [0.2, 0.25) is 0 Å². The van der Waals surface area contributed by atoms with E-state index < -0.39 is 0 Å². The van der Waals surface area contributed by atoms with Crippen LogP contribution < -0.4 is 15.4 Å². The van der Waals surface area contributed by atoms with Crippen LogP contribution >= 0.6 is 12.4 Å². The van der Waals surface area contributed by atoms with Crippen LogP contribution in [0.15, 0.2) is 54.6 Å². The minimum atomic E-state index is -0.00826. The van der Waals surface area contributed by atoms with E-state index in [0.717, 1.165) is 30.8 Å². The number of piperidine rings is 1. The van der Waals surface area contributed by atoms with Crippen LogP contribution in [0.4, 0.5) is 0 Å². The van der Waals surface area contributed by atoms with E-state index in [0.29, 0.717) is 18.1 Å². The SMILES string of the molecule is CC1CCNCC1NC(=O)c1ccc(COc2ccccc2)cc1.Cl. The van der Waals surface area contributed by atoms with E-state index in [1.807, 2.05) is 54.6 Å². The number of hydrogen-bond acceptors (Lipinski definition) is 3. The lowest BCUT2D eigenvalue weighted by Crippen LogP contribution is -2.50. The fourth-order valence-corrected chi connectivity index (χ4v) is 2.87. The number of halogens is 1. The second-order valence-corrected chi connectivity index (χ2v) is 6.35. The summed E-state index contributed by atoms with van der Waals surface area (Å²) < 4.78 is 5.72. The highest BCUT2D eigenvalue weighted by molar-refractivity contribution is 5.94. The first-order valence-corrected chi connectivity index (χ1v) is 8.51. The molecule has 1 fully saturated rings. The van der Waals surface area contributed by atoms with E-state index in [4.69, 9.17) is 4.74 Å². The van der Waals surface area contributed by atoms with Crippen LogP contribution in [0.5, 0.6) is 5.75 Å². The standard InChI is InChI=1S/C20H24N2O2.ClH/c1-15-11-12-21-13-19(15)22-20(23)17-9-7-16(8-10-17)14-24-18-5-3-2-4-6-18;/h2-10,15,19,21H,11-14H2,1H3,(H,22,23);1H. The summed E-state index contributed by atoms with van der Waals surface area (Å²) >= 11 is 0. The molecule has 1 amide bonds. The number of ether oxygens (including phenoxy) is 1. The van der Waals surface area contributed by atoms with Gasteiger partial charge in [-0.2, -0.15) is 0 Å². The zero-order valence-electron chi connectivity index (χ0n) is 14.4. The summed E-state index contributed by atoms with van der Waals surface area (Å²) in [5.74, 6) is 1.35. The van der Waals surface area contributed by atoms with Crippen molar-refractivity contribution in [2.24, 2.45) is 5.92 Å². The van der Waals surface area contributed by atoms with Crippen LogP contribution in [0.3, 0.4) is 0 Å². The average molecular weight is 361 g/mol. The average Bonchev–Trinajstić information content (AvgIpc) is 2.63. The molecule has 0 spiro atoms. The van der Waals surface area contributed by atoms with Crippen molar-refractivity contribution in [1.82, 2.24) is 10.6 Å². The number of para-hydroxylation sites is 1. The first-order chi connectivity index (χ1) is 11.7. The zero-order chi connectivity index (χ0) is 16.8. The lowest BCUT2D eigenvalue weighted by Gasteiger charge is -2.30. The number of hydrogen-bond donors (Lipinski definition) is 2. The second kappa shape index (κ2) is 9.44. The molecular formula is C20H25ClN2O2. The topological polar surface area (TPSA) is 50.4 Å². The fourth-order valence-electron chi connectivity index (χ4n) is 2.87. The maximum atomic E-state index is 12.4. The number of benzene rings is 2. The Bertz CT molecular complexity index is 661. The molecule has 2 atom stereocenters. The Hall–Kier alpha value is -2.04. The highest BCUT2D eigenvalue weighted by atomic mass is 35.5. The molecular weight excluding hydrogens is 336 g/mol. The molecule has 2 N–H and O–H groups in total. The first-order valence-electron chi connectivity index (χ1n) is 8.51. The molecule has 2 aromatic carbocycles. The molecule has 1 saturated heterocycles. The predicted octanol–water partition coefficient (Wildman–Crippen LogP) is 3.42. The zero-order valence-corrected chi connectivity index (χ0v) is 15.2. The highest BCUT2D eigenvalue weighted by Gasteiger charge is 2.22. The van der Waals surface area contributed by atoms with E-state index in [-0.39, 0.29) is 24.4 Å².